The zero-order chi connectivity index (χ0) is 27.3. The summed E-state index contributed by atoms with van der Waals surface area (Å²) in [7, 11) is -8.90. The van der Waals surface area contributed by atoms with Gasteiger partial charge >= 0.3 is 20.8 Å². The molecule has 0 aliphatic rings. The molecule has 0 saturated heterocycles. The highest BCUT2D eigenvalue weighted by atomic mass is 32.3. The molecule has 0 bridgehead atoms. The Balaban J connectivity index is -0.000000152. The molecule has 0 aliphatic carbocycles. The summed E-state index contributed by atoms with van der Waals surface area (Å²) < 4.78 is 64.6. The molecule has 0 spiro atoms. The number of hydrogen-bond donors (Lipinski definition) is 6. The van der Waals surface area contributed by atoms with E-state index in [1.54, 1.807) is 0 Å². The highest BCUT2D eigenvalue weighted by molar-refractivity contribution is 7.80. The van der Waals surface area contributed by atoms with Crippen molar-refractivity contribution in [3.05, 3.63) is 0 Å². The van der Waals surface area contributed by atoms with Crippen molar-refractivity contribution in [2.75, 3.05) is 13.2 Å². The molecular formula is C24H61N3O8S2. The second kappa shape index (κ2) is 35.6. The van der Waals surface area contributed by atoms with E-state index >= 15 is 0 Å². The van der Waals surface area contributed by atoms with Gasteiger partial charge in [0.05, 0.1) is 6.61 Å². The summed E-state index contributed by atoms with van der Waals surface area (Å²) in [6.07, 6.45) is 25.8. The number of hydrogen-bond acceptors (Lipinski definition) is 8. The fraction of sp³-hybridized carbons (Fsp3) is 1.00. The van der Waals surface area contributed by atoms with Crippen LogP contribution in [0.3, 0.4) is 0 Å². The van der Waals surface area contributed by atoms with E-state index in [0.717, 1.165) is 19.4 Å². The first kappa shape index (κ1) is 46.5. The van der Waals surface area contributed by atoms with Crippen LogP contribution < -0.4 is 18.0 Å². The van der Waals surface area contributed by atoms with Gasteiger partial charge in [0.25, 0.3) is 0 Å². The fourth-order valence-electron chi connectivity index (χ4n) is 3.39. The first-order valence-corrected chi connectivity index (χ1v) is 16.3. The number of nitrogens with two attached hydrogens (primary N) is 1. The Hall–Kier alpha value is -0.380. The molecule has 0 aromatic carbocycles. The molecule has 0 aromatic heterocycles. The Labute approximate surface area is 228 Å². The van der Waals surface area contributed by atoms with Gasteiger partial charge in [0.1, 0.15) is 0 Å². The van der Waals surface area contributed by atoms with Crippen LogP contribution in [-0.2, 0) is 25.0 Å². The van der Waals surface area contributed by atoms with Gasteiger partial charge in [0.15, 0.2) is 0 Å². The summed E-state index contributed by atoms with van der Waals surface area (Å²) in [5, 5.41) is 0. The second-order valence-corrected chi connectivity index (χ2v) is 10.8. The molecule has 0 heterocycles. The average molecular weight is 584 g/mol. The summed E-state index contributed by atoms with van der Waals surface area (Å²) in [5.74, 6) is 0. The van der Waals surface area contributed by atoms with Gasteiger partial charge in [-0.15, -0.1) is 0 Å². The molecule has 0 amide bonds. The largest absolute Gasteiger partial charge is 0.397 e. The van der Waals surface area contributed by atoms with Crippen molar-refractivity contribution in [1.82, 2.24) is 12.3 Å². The first-order valence-electron chi connectivity index (χ1n) is 13.5. The van der Waals surface area contributed by atoms with E-state index in [1.807, 2.05) is 0 Å². The molecule has 0 saturated carbocycles. The molecule has 0 radical (unpaired) electrons. The van der Waals surface area contributed by atoms with Crippen LogP contribution in [0.4, 0.5) is 0 Å². The van der Waals surface area contributed by atoms with Crippen molar-refractivity contribution in [2.24, 2.45) is 5.73 Å². The predicted octanol–water partition coefficient (Wildman–Crippen LogP) is 7.26. The third kappa shape index (κ3) is 72.2. The lowest BCUT2D eigenvalue weighted by molar-refractivity contribution is 0.261. The molecule has 37 heavy (non-hydrogen) atoms. The molecule has 0 rings (SSSR count). The number of rotatable bonds is 22. The maximum atomic E-state index is 10.2. The highest BCUT2D eigenvalue weighted by Gasteiger charge is 2.02. The summed E-state index contributed by atoms with van der Waals surface area (Å²) in [6.45, 7) is 5.45. The maximum Gasteiger partial charge on any atom is 0.397 e. The Morgan fingerprint density at radius 1 is 0.514 bits per heavy atom. The van der Waals surface area contributed by atoms with Crippen molar-refractivity contribution < 1.29 is 34.7 Å². The molecule has 0 unspecified atom stereocenters. The van der Waals surface area contributed by atoms with Gasteiger partial charge in [-0.2, -0.15) is 16.8 Å². The van der Waals surface area contributed by atoms with E-state index in [0.29, 0.717) is 6.42 Å². The normalized spacial score (nSPS) is 10.8. The SMILES string of the molecule is CCCCCCCCCCCCN.CCCCCCCCCCCCOS(=O)(=O)O.N.N.O=S(=O)(O)O. The lowest BCUT2D eigenvalue weighted by Gasteiger charge is -2.02. The van der Waals surface area contributed by atoms with Gasteiger partial charge in [-0.05, 0) is 19.4 Å². The third-order valence-electron chi connectivity index (χ3n) is 5.29. The smallest absolute Gasteiger partial charge is 0.344 e. The Bertz CT molecular complexity index is 589. The fourth-order valence-corrected chi connectivity index (χ4v) is 3.71. The summed E-state index contributed by atoms with van der Waals surface area (Å²) >= 11 is 0. The van der Waals surface area contributed by atoms with Crippen LogP contribution in [0.1, 0.15) is 142 Å². The molecule has 11 nitrogen and oxygen atoms in total. The lowest BCUT2D eigenvalue weighted by Crippen LogP contribution is -2.04. The van der Waals surface area contributed by atoms with Gasteiger partial charge in [-0.25, -0.2) is 4.18 Å². The topological polar surface area (TPSA) is 234 Å². The van der Waals surface area contributed by atoms with Crippen molar-refractivity contribution in [1.29, 1.82) is 0 Å². The Kier molecular flexibility index (Phi) is 44.7. The van der Waals surface area contributed by atoms with E-state index in [4.69, 9.17) is 27.8 Å². The van der Waals surface area contributed by atoms with Gasteiger partial charge < -0.3 is 18.0 Å². The van der Waals surface area contributed by atoms with Crippen LogP contribution in [0, 0.1) is 0 Å². The van der Waals surface area contributed by atoms with Crippen LogP contribution in [0.5, 0.6) is 0 Å². The van der Waals surface area contributed by atoms with Crippen LogP contribution in [-0.4, -0.2) is 43.6 Å². The minimum Gasteiger partial charge on any atom is -0.344 e. The Morgan fingerprint density at radius 3 is 1.00 bits per heavy atom. The highest BCUT2D eigenvalue weighted by Crippen LogP contribution is 2.11. The molecular weight excluding hydrogens is 522 g/mol. The van der Waals surface area contributed by atoms with Crippen LogP contribution in [0.2, 0.25) is 0 Å². The average Bonchev–Trinajstić information content (AvgIpc) is 2.75. The predicted molar refractivity (Wildman–Crippen MR) is 154 cm³/mol. The standard InChI is InChI=1S/C12H27N.C12H26O4S.2H3N.H2O4S/c1-2-3-4-5-6-7-8-9-10-11-12-13;1-2-3-4-5-6-7-8-9-10-11-12-16-17(13,14)15;;;1-5(2,3)4/h2-13H2,1H3;2-12H2,1H3,(H,13,14,15);2*1H3;(H2,1,2,3,4). The number of unbranched alkanes of at least 4 members (excludes halogenated alkanes) is 18. The van der Waals surface area contributed by atoms with Crippen LogP contribution in [0.25, 0.3) is 0 Å². The molecule has 0 fully saturated rings. The van der Waals surface area contributed by atoms with Gasteiger partial charge in [-0.1, -0.05) is 129 Å². The molecule has 0 aromatic rings. The monoisotopic (exact) mass is 583 g/mol. The van der Waals surface area contributed by atoms with Crippen molar-refractivity contribution >= 4 is 20.8 Å². The van der Waals surface area contributed by atoms with E-state index in [-0.39, 0.29) is 18.9 Å². The van der Waals surface area contributed by atoms with Crippen LogP contribution >= 0.6 is 0 Å². The summed E-state index contributed by atoms with van der Waals surface area (Å²) in [4.78, 5) is 0. The first-order chi connectivity index (χ1) is 16.5. The van der Waals surface area contributed by atoms with Gasteiger partial charge in [0, 0.05) is 0 Å². The zero-order valence-electron chi connectivity index (χ0n) is 23.7. The summed E-state index contributed by atoms with van der Waals surface area (Å²) in [6, 6.07) is 0. The second-order valence-electron chi connectivity index (χ2n) is 8.85. The Morgan fingerprint density at radius 2 is 0.757 bits per heavy atom. The third-order valence-corrected chi connectivity index (χ3v) is 5.75. The van der Waals surface area contributed by atoms with Crippen molar-refractivity contribution in [3.63, 3.8) is 0 Å². The molecule has 11 N–H and O–H groups in total. The van der Waals surface area contributed by atoms with Crippen LogP contribution in [0.15, 0.2) is 0 Å². The van der Waals surface area contributed by atoms with E-state index in [2.05, 4.69) is 18.0 Å². The quantitative estimate of drug-likeness (QED) is 0.0547. The van der Waals surface area contributed by atoms with E-state index in [9.17, 15) is 8.42 Å². The van der Waals surface area contributed by atoms with E-state index in [1.165, 1.54) is 109 Å². The van der Waals surface area contributed by atoms with Gasteiger partial charge in [-0.3, -0.25) is 13.7 Å². The minimum absolute atomic E-state index is 0. The van der Waals surface area contributed by atoms with E-state index < -0.39 is 20.8 Å². The molecule has 0 aliphatic heterocycles. The van der Waals surface area contributed by atoms with Gasteiger partial charge in [0.2, 0.25) is 0 Å². The zero-order valence-corrected chi connectivity index (χ0v) is 25.4. The molecule has 13 heteroatoms. The minimum atomic E-state index is -4.67. The molecule has 232 valence electrons. The lowest BCUT2D eigenvalue weighted by atomic mass is 10.1. The molecule has 0 atom stereocenters. The van der Waals surface area contributed by atoms with Crippen molar-refractivity contribution in [3.8, 4) is 0 Å². The summed E-state index contributed by atoms with van der Waals surface area (Å²) in [5.41, 5.74) is 5.42. The maximum absolute atomic E-state index is 10.2. The van der Waals surface area contributed by atoms with Crippen molar-refractivity contribution in [2.45, 2.75) is 142 Å².